The highest BCUT2D eigenvalue weighted by Gasteiger charge is 2.02. The molecule has 0 aliphatic rings. The molecule has 0 aromatic carbocycles. The Labute approximate surface area is 76.7 Å². The summed E-state index contributed by atoms with van der Waals surface area (Å²) in [6.07, 6.45) is 3.65. The average Bonchev–Trinajstić information content (AvgIpc) is 2.48. The van der Waals surface area contributed by atoms with Gasteiger partial charge in [-0.2, -0.15) is 0 Å². The second-order valence-corrected chi connectivity index (χ2v) is 3.92. The van der Waals surface area contributed by atoms with Gasteiger partial charge in [0.2, 0.25) is 0 Å². The van der Waals surface area contributed by atoms with E-state index in [2.05, 4.69) is 4.98 Å². The van der Waals surface area contributed by atoms with Crippen LogP contribution in [0, 0.1) is 0 Å². The van der Waals surface area contributed by atoms with Crippen molar-refractivity contribution < 1.29 is 5.11 Å². The lowest BCUT2D eigenvalue weighted by atomic mass is 10.3. The molecule has 12 heavy (non-hydrogen) atoms. The van der Waals surface area contributed by atoms with Gasteiger partial charge in [-0.05, 0) is 12.8 Å². The van der Waals surface area contributed by atoms with Crippen LogP contribution in [0.3, 0.4) is 0 Å². The largest absolute Gasteiger partial charge is 0.396 e. The lowest BCUT2D eigenvalue weighted by molar-refractivity contribution is 0.289. The van der Waals surface area contributed by atoms with Gasteiger partial charge in [-0.1, -0.05) is 0 Å². The number of aliphatic hydroxyl groups is 1. The Kier molecular flexibility index (Phi) is 3.49. The summed E-state index contributed by atoms with van der Waals surface area (Å²) in [5.41, 5.74) is 0. The number of aliphatic hydroxyl groups excluding tert-OH is 1. The lowest BCUT2D eigenvalue weighted by Gasteiger charge is -2.04. The summed E-state index contributed by atoms with van der Waals surface area (Å²) >= 11 is 1.68. The summed E-state index contributed by atoms with van der Waals surface area (Å²) in [6.45, 7) is 0.259. The van der Waals surface area contributed by atoms with Crippen LogP contribution in [-0.2, 0) is 6.42 Å². The molecule has 0 spiro atoms. The highest BCUT2D eigenvalue weighted by molar-refractivity contribution is 7.15. The molecule has 0 saturated heterocycles. The van der Waals surface area contributed by atoms with Gasteiger partial charge < -0.3 is 10.0 Å². The minimum absolute atomic E-state index is 0.259. The van der Waals surface area contributed by atoms with Crippen LogP contribution >= 0.6 is 11.3 Å². The van der Waals surface area contributed by atoms with Gasteiger partial charge in [0.15, 0.2) is 5.13 Å². The van der Waals surface area contributed by atoms with Gasteiger partial charge in [0.25, 0.3) is 0 Å². The lowest BCUT2D eigenvalue weighted by Crippen LogP contribution is -2.07. The first-order chi connectivity index (χ1) is 5.74. The van der Waals surface area contributed by atoms with E-state index in [1.54, 1.807) is 11.3 Å². The number of hydrogen-bond acceptors (Lipinski definition) is 4. The monoisotopic (exact) mass is 186 g/mol. The van der Waals surface area contributed by atoms with Gasteiger partial charge in [0, 0.05) is 31.8 Å². The van der Waals surface area contributed by atoms with Crippen molar-refractivity contribution in [3.63, 3.8) is 0 Å². The second kappa shape index (κ2) is 4.42. The molecule has 0 aliphatic heterocycles. The Hall–Kier alpha value is -0.610. The molecule has 0 unspecified atom stereocenters. The molecular formula is C8H14N2OS. The third kappa shape index (κ3) is 2.46. The van der Waals surface area contributed by atoms with E-state index in [0.29, 0.717) is 0 Å². The van der Waals surface area contributed by atoms with Crippen LogP contribution in [-0.4, -0.2) is 30.8 Å². The molecule has 1 N–H and O–H groups in total. The number of anilines is 1. The smallest absolute Gasteiger partial charge is 0.184 e. The fourth-order valence-corrected chi connectivity index (χ4v) is 1.75. The van der Waals surface area contributed by atoms with Gasteiger partial charge in [-0.15, -0.1) is 11.3 Å². The molecule has 1 rings (SSSR count). The summed E-state index contributed by atoms with van der Waals surface area (Å²) in [6, 6.07) is 0. The highest BCUT2D eigenvalue weighted by Crippen LogP contribution is 2.21. The molecular weight excluding hydrogens is 172 g/mol. The first kappa shape index (κ1) is 9.48. The Morgan fingerprint density at radius 3 is 2.83 bits per heavy atom. The number of rotatable bonds is 4. The summed E-state index contributed by atoms with van der Waals surface area (Å²) in [5, 5.41) is 9.65. The Morgan fingerprint density at radius 2 is 2.33 bits per heavy atom. The van der Waals surface area contributed by atoms with Gasteiger partial charge in [-0.25, -0.2) is 4.98 Å². The molecule has 1 heterocycles. The van der Waals surface area contributed by atoms with Crippen molar-refractivity contribution >= 4 is 16.5 Å². The molecule has 0 aliphatic carbocycles. The molecule has 0 amide bonds. The molecule has 0 radical (unpaired) electrons. The minimum atomic E-state index is 0.259. The molecule has 0 bridgehead atoms. The zero-order valence-electron chi connectivity index (χ0n) is 7.45. The number of nitrogens with zero attached hydrogens (tertiary/aromatic N) is 2. The molecule has 1 aromatic rings. The van der Waals surface area contributed by atoms with Crippen LogP contribution in [0.4, 0.5) is 5.13 Å². The average molecular weight is 186 g/mol. The SMILES string of the molecule is CN(C)c1ncc(CCCO)s1. The van der Waals surface area contributed by atoms with Crippen molar-refractivity contribution in [2.75, 3.05) is 25.6 Å². The quantitative estimate of drug-likeness (QED) is 0.766. The zero-order chi connectivity index (χ0) is 8.97. The van der Waals surface area contributed by atoms with Gasteiger partial charge in [0.1, 0.15) is 0 Å². The zero-order valence-corrected chi connectivity index (χ0v) is 8.27. The van der Waals surface area contributed by atoms with Crippen molar-refractivity contribution in [3.8, 4) is 0 Å². The first-order valence-electron chi connectivity index (χ1n) is 3.97. The number of aromatic nitrogens is 1. The summed E-state index contributed by atoms with van der Waals surface area (Å²) in [5.74, 6) is 0. The Bertz CT molecular complexity index is 235. The fraction of sp³-hybridized carbons (Fsp3) is 0.625. The number of aryl methyl sites for hydroxylation is 1. The van der Waals surface area contributed by atoms with Crippen molar-refractivity contribution in [3.05, 3.63) is 11.1 Å². The molecule has 68 valence electrons. The van der Waals surface area contributed by atoms with Crippen LogP contribution in [0.25, 0.3) is 0 Å². The standard InChI is InChI=1S/C8H14N2OS/c1-10(2)8-9-6-7(12-8)4-3-5-11/h6,11H,3-5H2,1-2H3. The van der Waals surface area contributed by atoms with E-state index in [1.807, 2.05) is 25.2 Å². The Morgan fingerprint density at radius 1 is 1.58 bits per heavy atom. The maximum atomic E-state index is 8.62. The minimum Gasteiger partial charge on any atom is -0.396 e. The third-order valence-electron chi connectivity index (χ3n) is 1.51. The predicted octanol–water partition coefficient (Wildman–Crippen LogP) is 1.13. The molecule has 0 saturated carbocycles. The van der Waals surface area contributed by atoms with E-state index in [0.717, 1.165) is 18.0 Å². The van der Waals surface area contributed by atoms with E-state index in [9.17, 15) is 0 Å². The topological polar surface area (TPSA) is 36.4 Å². The van der Waals surface area contributed by atoms with Gasteiger partial charge in [-0.3, -0.25) is 0 Å². The summed E-state index contributed by atoms with van der Waals surface area (Å²) < 4.78 is 0. The maximum Gasteiger partial charge on any atom is 0.184 e. The predicted molar refractivity (Wildman–Crippen MR) is 51.8 cm³/mol. The van der Waals surface area contributed by atoms with E-state index in [-0.39, 0.29) is 6.61 Å². The van der Waals surface area contributed by atoms with Crippen molar-refractivity contribution in [1.82, 2.24) is 4.98 Å². The Balaban J connectivity index is 2.52. The normalized spacial score (nSPS) is 10.2. The molecule has 1 aromatic heterocycles. The van der Waals surface area contributed by atoms with Crippen molar-refractivity contribution in [2.24, 2.45) is 0 Å². The maximum absolute atomic E-state index is 8.62. The second-order valence-electron chi connectivity index (χ2n) is 2.83. The number of thiazole rings is 1. The van der Waals surface area contributed by atoms with Crippen LogP contribution in [0.2, 0.25) is 0 Å². The van der Waals surface area contributed by atoms with Gasteiger partial charge in [0.05, 0.1) is 0 Å². The van der Waals surface area contributed by atoms with E-state index < -0.39 is 0 Å². The van der Waals surface area contributed by atoms with Gasteiger partial charge >= 0.3 is 0 Å². The number of hydrogen-bond donors (Lipinski definition) is 1. The molecule has 4 heteroatoms. The van der Waals surface area contributed by atoms with E-state index >= 15 is 0 Å². The third-order valence-corrected chi connectivity index (χ3v) is 2.73. The van der Waals surface area contributed by atoms with Crippen LogP contribution < -0.4 is 4.90 Å². The molecule has 0 fully saturated rings. The highest BCUT2D eigenvalue weighted by atomic mass is 32.1. The fourth-order valence-electron chi connectivity index (χ4n) is 0.873. The van der Waals surface area contributed by atoms with E-state index in [1.165, 1.54) is 4.88 Å². The summed E-state index contributed by atoms with van der Waals surface area (Å²) in [4.78, 5) is 7.47. The molecule has 3 nitrogen and oxygen atoms in total. The van der Waals surface area contributed by atoms with E-state index in [4.69, 9.17) is 5.11 Å². The van der Waals surface area contributed by atoms with Crippen LogP contribution in [0.1, 0.15) is 11.3 Å². The van der Waals surface area contributed by atoms with Crippen molar-refractivity contribution in [1.29, 1.82) is 0 Å². The summed E-state index contributed by atoms with van der Waals surface area (Å²) in [7, 11) is 3.96. The van der Waals surface area contributed by atoms with Crippen molar-refractivity contribution in [2.45, 2.75) is 12.8 Å². The molecule has 0 atom stereocenters. The first-order valence-corrected chi connectivity index (χ1v) is 4.78. The van der Waals surface area contributed by atoms with Crippen LogP contribution in [0.5, 0.6) is 0 Å². The van der Waals surface area contributed by atoms with Crippen LogP contribution in [0.15, 0.2) is 6.20 Å².